The van der Waals surface area contributed by atoms with Crippen molar-refractivity contribution in [1.82, 2.24) is 0 Å². The summed E-state index contributed by atoms with van der Waals surface area (Å²) < 4.78 is 59.1. The zero-order chi connectivity index (χ0) is 10.9. The SMILES string of the molecule is O=C(O)CC(S)C(F)(F)C(F)(F)F. The van der Waals surface area contributed by atoms with Crippen LogP contribution in [0.1, 0.15) is 6.42 Å². The van der Waals surface area contributed by atoms with Crippen LogP contribution in [0, 0.1) is 0 Å². The molecular formula is C5H5F5O2S. The smallest absolute Gasteiger partial charge is 0.454 e. The first-order valence-electron chi connectivity index (χ1n) is 2.93. The van der Waals surface area contributed by atoms with Gasteiger partial charge in [-0.1, -0.05) is 0 Å². The molecule has 0 bridgehead atoms. The van der Waals surface area contributed by atoms with Crippen molar-refractivity contribution in [2.75, 3.05) is 0 Å². The lowest BCUT2D eigenvalue weighted by molar-refractivity contribution is -0.281. The molecule has 0 aromatic carbocycles. The minimum atomic E-state index is -5.77. The molecule has 0 aliphatic heterocycles. The third-order valence-corrected chi connectivity index (χ3v) is 1.67. The third-order valence-electron chi connectivity index (χ3n) is 1.16. The van der Waals surface area contributed by atoms with Crippen LogP contribution in [0.2, 0.25) is 0 Å². The van der Waals surface area contributed by atoms with Crippen LogP contribution in [0.15, 0.2) is 0 Å². The summed E-state index contributed by atoms with van der Waals surface area (Å²) in [5.74, 6) is -6.85. The highest BCUT2D eigenvalue weighted by Crippen LogP contribution is 2.41. The first kappa shape index (κ1) is 12.5. The highest BCUT2D eigenvalue weighted by atomic mass is 32.1. The van der Waals surface area contributed by atoms with Gasteiger partial charge in [-0.3, -0.25) is 4.79 Å². The van der Waals surface area contributed by atoms with E-state index in [1.165, 1.54) is 0 Å². The molecule has 0 radical (unpaired) electrons. The van der Waals surface area contributed by atoms with Gasteiger partial charge in [0.25, 0.3) is 0 Å². The Kier molecular flexibility index (Phi) is 3.54. The largest absolute Gasteiger partial charge is 0.481 e. The molecule has 0 amide bonds. The summed E-state index contributed by atoms with van der Waals surface area (Å²) in [4.78, 5) is 9.83. The molecule has 0 aromatic heterocycles. The molecule has 1 N–H and O–H groups in total. The van der Waals surface area contributed by atoms with E-state index in [4.69, 9.17) is 5.11 Å². The summed E-state index contributed by atoms with van der Waals surface area (Å²) in [7, 11) is 0. The fourth-order valence-corrected chi connectivity index (χ4v) is 0.785. The number of carboxylic acids is 1. The number of aliphatic carboxylic acids is 1. The van der Waals surface area contributed by atoms with Gasteiger partial charge < -0.3 is 5.11 Å². The molecule has 0 saturated carbocycles. The molecule has 1 atom stereocenters. The molecule has 0 spiro atoms. The number of carbonyl (C=O) groups is 1. The highest BCUT2D eigenvalue weighted by Gasteiger charge is 2.61. The van der Waals surface area contributed by atoms with E-state index in [9.17, 15) is 26.7 Å². The summed E-state index contributed by atoms with van der Waals surface area (Å²) in [5.41, 5.74) is 0. The number of rotatable bonds is 3. The first-order valence-corrected chi connectivity index (χ1v) is 3.45. The van der Waals surface area contributed by atoms with Crippen molar-refractivity contribution in [1.29, 1.82) is 0 Å². The van der Waals surface area contributed by atoms with Crippen molar-refractivity contribution in [3.8, 4) is 0 Å². The maximum atomic E-state index is 12.2. The van der Waals surface area contributed by atoms with Crippen LogP contribution in [0.5, 0.6) is 0 Å². The molecule has 0 aliphatic rings. The molecule has 0 aromatic rings. The number of alkyl halides is 5. The van der Waals surface area contributed by atoms with Gasteiger partial charge in [0.15, 0.2) is 0 Å². The Morgan fingerprint density at radius 1 is 1.31 bits per heavy atom. The van der Waals surface area contributed by atoms with Crippen LogP contribution in [0.25, 0.3) is 0 Å². The summed E-state index contributed by atoms with van der Waals surface area (Å²) in [6.07, 6.45) is -7.12. The van der Waals surface area contributed by atoms with Crippen molar-refractivity contribution >= 4 is 18.6 Å². The van der Waals surface area contributed by atoms with E-state index in [0.29, 0.717) is 0 Å². The Morgan fingerprint density at radius 2 is 1.69 bits per heavy atom. The lowest BCUT2D eigenvalue weighted by Gasteiger charge is -2.23. The Labute approximate surface area is 75.1 Å². The second-order valence-electron chi connectivity index (χ2n) is 2.23. The minimum absolute atomic E-state index is 1.35. The molecule has 1 unspecified atom stereocenters. The third kappa shape index (κ3) is 3.02. The van der Waals surface area contributed by atoms with Crippen molar-refractivity contribution in [3.05, 3.63) is 0 Å². The number of thiol groups is 1. The number of carboxylic acid groups (broad SMARTS) is 1. The van der Waals surface area contributed by atoms with E-state index >= 15 is 0 Å². The average Bonchev–Trinajstić information content (AvgIpc) is 1.82. The van der Waals surface area contributed by atoms with Crippen LogP contribution in [-0.2, 0) is 4.79 Å². The molecular weight excluding hydrogens is 219 g/mol. The number of halogens is 5. The average molecular weight is 224 g/mol. The Hall–Kier alpha value is -0.530. The standard InChI is InChI=1S/C5H5F5O2S/c6-4(7,5(8,9)10)2(13)1-3(11)12/h2,13H,1H2,(H,11,12). The maximum Gasteiger partial charge on any atom is 0.454 e. The molecule has 0 rings (SSSR count). The normalized spacial score (nSPS) is 15.5. The predicted octanol–water partition coefficient (Wildman–Crippen LogP) is 1.96. The molecule has 0 heterocycles. The fourth-order valence-electron chi connectivity index (χ4n) is 0.483. The maximum absolute atomic E-state index is 12.2. The Bertz CT molecular complexity index is 202. The molecule has 13 heavy (non-hydrogen) atoms. The van der Waals surface area contributed by atoms with Crippen LogP contribution < -0.4 is 0 Å². The molecule has 8 heteroatoms. The molecule has 0 saturated heterocycles. The van der Waals surface area contributed by atoms with Crippen molar-refractivity contribution in [2.45, 2.75) is 23.8 Å². The molecule has 2 nitrogen and oxygen atoms in total. The quantitative estimate of drug-likeness (QED) is 0.568. The van der Waals surface area contributed by atoms with Gasteiger partial charge in [0, 0.05) is 0 Å². The number of hydrogen-bond acceptors (Lipinski definition) is 2. The minimum Gasteiger partial charge on any atom is -0.481 e. The van der Waals surface area contributed by atoms with Crippen LogP contribution >= 0.6 is 12.6 Å². The zero-order valence-corrected chi connectivity index (χ0v) is 6.87. The second-order valence-corrected chi connectivity index (χ2v) is 2.86. The lowest BCUT2D eigenvalue weighted by Crippen LogP contribution is -2.45. The summed E-state index contributed by atoms with van der Waals surface area (Å²) >= 11 is 2.89. The summed E-state index contributed by atoms with van der Waals surface area (Å²) in [6, 6.07) is 0. The van der Waals surface area contributed by atoms with Gasteiger partial charge in [0.05, 0.1) is 11.7 Å². The Morgan fingerprint density at radius 3 is 1.92 bits per heavy atom. The van der Waals surface area contributed by atoms with Gasteiger partial charge in [0.1, 0.15) is 0 Å². The van der Waals surface area contributed by atoms with Crippen LogP contribution in [0.4, 0.5) is 22.0 Å². The molecule has 0 fully saturated rings. The van der Waals surface area contributed by atoms with Gasteiger partial charge in [-0.2, -0.15) is 34.6 Å². The van der Waals surface area contributed by atoms with E-state index in [0.717, 1.165) is 0 Å². The predicted molar refractivity (Wildman–Crippen MR) is 36.0 cm³/mol. The van der Waals surface area contributed by atoms with Gasteiger partial charge in [-0.15, -0.1) is 0 Å². The monoisotopic (exact) mass is 224 g/mol. The van der Waals surface area contributed by atoms with E-state index in [1.807, 2.05) is 0 Å². The molecule has 0 aliphatic carbocycles. The first-order chi connectivity index (χ1) is 5.59. The van der Waals surface area contributed by atoms with Crippen molar-refractivity contribution < 1.29 is 31.9 Å². The topological polar surface area (TPSA) is 37.3 Å². The van der Waals surface area contributed by atoms with Gasteiger partial charge in [-0.25, -0.2) is 0 Å². The lowest BCUT2D eigenvalue weighted by atomic mass is 10.1. The van der Waals surface area contributed by atoms with E-state index in [-0.39, 0.29) is 0 Å². The van der Waals surface area contributed by atoms with Crippen LogP contribution in [-0.4, -0.2) is 28.4 Å². The second kappa shape index (κ2) is 3.69. The van der Waals surface area contributed by atoms with E-state index < -0.39 is 29.7 Å². The zero-order valence-electron chi connectivity index (χ0n) is 5.98. The van der Waals surface area contributed by atoms with Crippen molar-refractivity contribution in [3.63, 3.8) is 0 Å². The van der Waals surface area contributed by atoms with Gasteiger partial charge in [0.2, 0.25) is 0 Å². The molecule has 78 valence electrons. The van der Waals surface area contributed by atoms with Crippen molar-refractivity contribution in [2.24, 2.45) is 0 Å². The van der Waals surface area contributed by atoms with Crippen LogP contribution in [0.3, 0.4) is 0 Å². The van der Waals surface area contributed by atoms with E-state index in [2.05, 4.69) is 12.6 Å². The Balaban J connectivity index is 4.54. The summed E-state index contributed by atoms with van der Waals surface area (Å²) in [6.45, 7) is 0. The highest BCUT2D eigenvalue weighted by molar-refractivity contribution is 7.81. The van der Waals surface area contributed by atoms with E-state index in [1.54, 1.807) is 0 Å². The van der Waals surface area contributed by atoms with Gasteiger partial charge >= 0.3 is 18.1 Å². The fraction of sp³-hybridized carbons (Fsp3) is 0.800. The summed E-state index contributed by atoms with van der Waals surface area (Å²) in [5, 5.41) is 5.40. The van der Waals surface area contributed by atoms with Gasteiger partial charge in [-0.05, 0) is 0 Å². The number of hydrogen-bond donors (Lipinski definition) is 2.